The Kier molecular flexibility index (Phi) is 7.03. The Labute approximate surface area is 152 Å². The van der Waals surface area contributed by atoms with Gasteiger partial charge in [0.25, 0.3) is 5.91 Å². The fraction of sp³-hybridized carbons (Fsp3) is 0.222. The molecule has 0 aromatic heterocycles. The van der Waals surface area contributed by atoms with E-state index in [0.717, 1.165) is 18.5 Å². The summed E-state index contributed by atoms with van der Waals surface area (Å²) in [4.78, 5) is 12.3. The number of rotatable bonds is 6. The highest BCUT2D eigenvalue weighted by Crippen LogP contribution is 2.15. The van der Waals surface area contributed by atoms with Crippen molar-refractivity contribution in [2.45, 2.75) is 19.8 Å². The van der Waals surface area contributed by atoms with Crippen molar-refractivity contribution in [2.75, 3.05) is 11.9 Å². The van der Waals surface area contributed by atoms with Gasteiger partial charge in [0, 0.05) is 16.3 Å². The predicted octanol–water partition coefficient (Wildman–Crippen LogP) is 4.65. The average molecular weight is 363 g/mol. The first-order valence-electron chi connectivity index (χ1n) is 7.69. The van der Waals surface area contributed by atoms with E-state index in [-0.39, 0.29) is 11.0 Å². The van der Waals surface area contributed by atoms with Gasteiger partial charge in [-0.15, -0.1) is 0 Å². The van der Waals surface area contributed by atoms with Crippen LogP contribution in [0.3, 0.4) is 0 Å². The molecule has 2 rings (SSSR count). The smallest absolute Gasteiger partial charge is 0.257 e. The molecule has 2 aromatic rings. The van der Waals surface area contributed by atoms with Crippen molar-refractivity contribution in [2.24, 2.45) is 0 Å². The lowest BCUT2D eigenvalue weighted by Gasteiger charge is -2.11. The molecule has 0 fully saturated rings. The third-order valence-corrected chi connectivity index (χ3v) is 3.65. The van der Waals surface area contributed by atoms with Crippen LogP contribution in [0.25, 0.3) is 0 Å². The SMILES string of the molecule is CCCCOc1cccc(C(=O)NC(=S)Nc2ccc(Cl)cc2)c1. The van der Waals surface area contributed by atoms with Gasteiger partial charge < -0.3 is 10.1 Å². The number of halogens is 1. The van der Waals surface area contributed by atoms with Gasteiger partial charge >= 0.3 is 0 Å². The Hall–Kier alpha value is -2.11. The lowest BCUT2D eigenvalue weighted by Crippen LogP contribution is -2.34. The summed E-state index contributed by atoms with van der Waals surface area (Å²) >= 11 is 11.0. The lowest BCUT2D eigenvalue weighted by molar-refractivity contribution is 0.0977. The summed E-state index contributed by atoms with van der Waals surface area (Å²) in [7, 11) is 0. The molecule has 0 spiro atoms. The van der Waals surface area contributed by atoms with Crippen LogP contribution < -0.4 is 15.4 Å². The molecule has 0 saturated heterocycles. The molecule has 0 aliphatic rings. The predicted molar refractivity (Wildman–Crippen MR) is 102 cm³/mol. The van der Waals surface area contributed by atoms with Crippen LogP contribution in [0.15, 0.2) is 48.5 Å². The van der Waals surface area contributed by atoms with Crippen molar-refractivity contribution < 1.29 is 9.53 Å². The van der Waals surface area contributed by atoms with E-state index in [0.29, 0.717) is 22.9 Å². The quantitative estimate of drug-likeness (QED) is 0.580. The van der Waals surface area contributed by atoms with Crippen molar-refractivity contribution in [1.82, 2.24) is 5.32 Å². The van der Waals surface area contributed by atoms with E-state index in [2.05, 4.69) is 17.6 Å². The molecule has 0 saturated carbocycles. The van der Waals surface area contributed by atoms with Crippen LogP contribution in [0.4, 0.5) is 5.69 Å². The minimum Gasteiger partial charge on any atom is -0.494 e. The molecule has 0 bridgehead atoms. The molecule has 0 unspecified atom stereocenters. The van der Waals surface area contributed by atoms with Gasteiger partial charge in [-0.05, 0) is 61.1 Å². The van der Waals surface area contributed by atoms with Crippen LogP contribution in [0.2, 0.25) is 5.02 Å². The van der Waals surface area contributed by atoms with Crippen molar-refractivity contribution in [1.29, 1.82) is 0 Å². The van der Waals surface area contributed by atoms with Gasteiger partial charge in [0.2, 0.25) is 0 Å². The molecule has 6 heteroatoms. The van der Waals surface area contributed by atoms with E-state index in [9.17, 15) is 4.79 Å². The van der Waals surface area contributed by atoms with Crippen molar-refractivity contribution in [3.63, 3.8) is 0 Å². The minimum absolute atomic E-state index is 0.222. The zero-order valence-corrected chi connectivity index (χ0v) is 14.9. The molecular formula is C18H19ClN2O2S. The Morgan fingerprint density at radius 2 is 1.96 bits per heavy atom. The molecule has 4 nitrogen and oxygen atoms in total. The van der Waals surface area contributed by atoms with Crippen LogP contribution in [0, 0.1) is 0 Å². The van der Waals surface area contributed by atoms with E-state index in [4.69, 9.17) is 28.6 Å². The molecule has 0 atom stereocenters. The largest absolute Gasteiger partial charge is 0.494 e. The van der Waals surface area contributed by atoms with E-state index in [1.165, 1.54) is 0 Å². The highest BCUT2D eigenvalue weighted by atomic mass is 35.5. The molecule has 0 radical (unpaired) electrons. The van der Waals surface area contributed by atoms with Crippen LogP contribution in [-0.4, -0.2) is 17.6 Å². The highest BCUT2D eigenvalue weighted by molar-refractivity contribution is 7.80. The maximum Gasteiger partial charge on any atom is 0.257 e. The number of anilines is 1. The van der Waals surface area contributed by atoms with Gasteiger partial charge in [-0.25, -0.2) is 0 Å². The number of carbonyl (C=O) groups excluding carboxylic acids is 1. The molecule has 2 N–H and O–H groups in total. The number of nitrogens with one attached hydrogen (secondary N) is 2. The summed E-state index contributed by atoms with van der Waals surface area (Å²) in [6.45, 7) is 2.74. The Morgan fingerprint density at radius 3 is 2.67 bits per heavy atom. The number of benzene rings is 2. The fourth-order valence-corrected chi connectivity index (χ4v) is 2.27. The van der Waals surface area contributed by atoms with Crippen LogP contribution >= 0.6 is 23.8 Å². The van der Waals surface area contributed by atoms with E-state index >= 15 is 0 Å². The molecule has 0 heterocycles. The monoisotopic (exact) mass is 362 g/mol. The molecule has 126 valence electrons. The Bertz CT molecular complexity index is 704. The number of amides is 1. The summed E-state index contributed by atoms with van der Waals surface area (Å²) in [5, 5.41) is 6.44. The maximum atomic E-state index is 12.3. The summed E-state index contributed by atoms with van der Waals surface area (Å²) in [5.74, 6) is 0.384. The molecule has 0 aliphatic heterocycles. The van der Waals surface area contributed by atoms with Crippen LogP contribution in [0.1, 0.15) is 30.1 Å². The highest BCUT2D eigenvalue weighted by Gasteiger charge is 2.09. The van der Waals surface area contributed by atoms with Crippen LogP contribution in [-0.2, 0) is 0 Å². The fourth-order valence-electron chi connectivity index (χ4n) is 1.93. The molecule has 1 amide bonds. The maximum absolute atomic E-state index is 12.3. The van der Waals surface area contributed by atoms with Gasteiger partial charge in [-0.1, -0.05) is 31.0 Å². The number of hydrogen-bond acceptors (Lipinski definition) is 3. The third-order valence-electron chi connectivity index (χ3n) is 3.19. The lowest BCUT2D eigenvalue weighted by atomic mass is 10.2. The summed E-state index contributed by atoms with van der Waals surface area (Å²) in [6, 6.07) is 14.1. The summed E-state index contributed by atoms with van der Waals surface area (Å²) < 4.78 is 5.61. The second kappa shape index (κ2) is 9.25. The molecular weight excluding hydrogens is 344 g/mol. The van der Waals surface area contributed by atoms with Crippen molar-refractivity contribution in [3.05, 3.63) is 59.1 Å². The standard InChI is InChI=1S/C18H19ClN2O2S/c1-2-3-11-23-16-6-4-5-13(12-16)17(22)21-18(24)20-15-9-7-14(19)8-10-15/h4-10,12H,2-3,11H2,1H3,(H2,20,21,22,24). The molecule has 24 heavy (non-hydrogen) atoms. The van der Waals surface area contributed by atoms with E-state index < -0.39 is 0 Å². The van der Waals surface area contributed by atoms with E-state index in [1.54, 1.807) is 42.5 Å². The Balaban J connectivity index is 1.92. The van der Waals surface area contributed by atoms with E-state index in [1.807, 2.05) is 6.07 Å². The van der Waals surface area contributed by atoms with Gasteiger partial charge in [0.15, 0.2) is 5.11 Å². The second-order valence-electron chi connectivity index (χ2n) is 5.14. The first kappa shape index (κ1) is 18.2. The zero-order valence-electron chi connectivity index (χ0n) is 13.3. The number of ether oxygens (including phenoxy) is 1. The average Bonchev–Trinajstić information content (AvgIpc) is 2.57. The van der Waals surface area contributed by atoms with Gasteiger partial charge in [-0.2, -0.15) is 0 Å². The normalized spacial score (nSPS) is 10.1. The number of hydrogen-bond donors (Lipinski definition) is 2. The number of unbranched alkanes of at least 4 members (excludes halogenated alkanes) is 1. The Morgan fingerprint density at radius 1 is 1.21 bits per heavy atom. The molecule has 2 aromatic carbocycles. The first-order chi connectivity index (χ1) is 11.6. The van der Waals surface area contributed by atoms with Crippen molar-refractivity contribution in [3.8, 4) is 5.75 Å². The topological polar surface area (TPSA) is 50.4 Å². The van der Waals surface area contributed by atoms with Gasteiger partial charge in [-0.3, -0.25) is 10.1 Å². The molecule has 0 aliphatic carbocycles. The second-order valence-corrected chi connectivity index (χ2v) is 5.99. The number of thiocarbonyl (C=S) groups is 1. The summed E-state index contributed by atoms with van der Waals surface area (Å²) in [6.07, 6.45) is 2.04. The van der Waals surface area contributed by atoms with Gasteiger partial charge in [0.05, 0.1) is 6.61 Å². The number of carbonyl (C=O) groups is 1. The van der Waals surface area contributed by atoms with Crippen LogP contribution in [0.5, 0.6) is 5.75 Å². The minimum atomic E-state index is -0.289. The zero-order chi connectivity index (χ0) is 17.4. The van der Waals surface area contributed by atoms with Gasteiger partial charge in [0.1, 0.15) is 5.75 Å². The third kappa shape index (κ3) is 5.83. The summed E-state index contributed by atoms with van der Waals surface area (Å²) in [5.41, 5.74) is 1.24. The van der Waals surface area contributed by atoms with Crippen molar-refractivity contribution >= 4 is 40.5 Å². The first-order valence-corrected chi connectivity index (χ1v) is 8.48.